The van der Waals surface area contributed by atoms with Gasteiger partial charge in [-0.05, 0) is 25.0 Å². The van der Waals surface area contributed by atoms with Crippen LogP contribution in [0.5, 0.6) is 0 Å². The zero-order valence-corrected chi connectivity index (χ0v) is 13.7. The minimum atomic E-state index is -0.261. The molecule has 2 heterocycles. The SMILES string of the molecule is CCC(CO)NC(=O)C1CCn2c(C(=O)c3ccccc3)ccc21. The van der Waals surface area contributed by atoms with E-state index in [0.29, 0.717) is 30.6 Å². The molecule has 1 aliphatic rings. The molecule has 1 aliphatic heterocycles. The number of carbonyl (C=O) groups is 2. The molecule has 2 atom stereocenters. The molecule has 1 aromatic carbocycles. The number of aliphatic hydroxyl groups excluding tert-OH is 1. The highest BCUT2D eigenvalue weighted by Gasteiger charge is 2.32. The van der Waals surface area contributed by atoms with Crippen LogP contribution in [0.3, 0.4) is 0 Å². The van der Waals surface area contributed by atoms with Gasteiger partial charge < -0.3 is 15.0 Å². The lowest BCUT2D eigenvalue weighted by Crippen LogP contribution is -2.39. The number of hydrogen-bond donors (Lipinski definition) is 2. The van der Waals surface area contributed by atoms with Gasteiger partial charge in [0.1, 0.15) is 0 Å². The molecule has 0 bridgehead atoms. The fourth-order valence-electron chi connectivity index (χ4n) is 3.22. The second-order valence-electron chi connectivity index (χ2n) is 6.13. The Labute approximate surface area is 141 Å². The van der Waals surface area contributed by atoms with Gasteiger partial charge in [0.05, 0.1) is 24.3 Å². The summed E-state index contributed by atoms with van der Waals surface area (Å²) < 4.78 is 1.94. The zero-order chi connectivity index (χ0) is 17.1. The van der Waals surface area contributed by atoms with E-state index in [9.17, 15) is 14.7 Å². The Morgan fingerprint density at radius 3 is 2.67 bits per heavy atom. The fraction of sp³-hybridized carbons (Fsp3) is 0.368. The second kappa shape index (κ2) is 7.01. The van der Waals surface area contributed by atoms with E-state index in [2.05, 4.69) is 5.32 Å². The smallest absolute Gasteiger partial charge is 0.229 e. The van der Waals surface area contributed by atoms with Crippen LogP contribution in [0.2, 0.25) is 0 Å². The minimum absolute atomic E-state index is 0.0234. The Balaban J connectivity index is 1.81. The third kappa shape index (κ3) is 2.99. The number of carbonyl (C=O) groups excluding carboxylic acids is 2. The molecule has 1 amide bonds. The molecule has 0 spiro atoms. The molecule has 0 saturated carbocycles. The van der Waals surface area contributed by atoms with Gasteiger partial charge >= 0.3 is 0 Å². The number of amides is 1. The Hall–Kier alpha value is -2.40. The molecule has 0 radical (unpaired) electrons. The Bertz CT molecular complexity index is 732. The molecule has 2 aromatic rings. The Morgan fingerprint density at radius 1 is 1.25 bits per heavy atom. The summed E-state index contributed by atoms with van der Waals surface area (Å²) >= 11 is 0. The first-order valence-electron chi connectivity index (χ1n) is 8.36. The van der Waals surface area contributed by atoms with Crippen LogP contribution in [0.1, 0.15) is 47.4 Å². The molecule has 2 N–H and O–H groups in total. The molecule has 0 aliphatic carbocycles. The molecule has 0 saturated heterocycles. The van der Waals surface area contributed by atoms with Crippen molar-refractivity contribution in [1.82, 2.24) is 9.88 Å². The molecular weight excluding hydrogens is 304 g/mol. The molecule has 2 unspecified atom stereocenters. The maximum Gasteiger partial charge on any atom is 0.229 e. The number of nitrogens with zero attached hydrogens (tertiary/aromatic N) is 1. The van der Waals surface area contributed by atoms with Gasteiger partial charge in [0.25, 0.3) is 0 Å². The summed E-state index contributed by atoms with van der Waals surface area (Å²) in [6.07, 6.45) is 1.37. The van der Waals surface area contributed by atoms with Crippen LogP contribution in [-0.2, 0) is 11.3 Å². The maximum absolute atomic E-state index is 12.7. The highest BCUT2D eigenvalue weighted by molar-refractivity contribution is 6.08. The van der Waals surface area contributed by atoms with Crippen molar-refractivity contribution in [1.29, 1.82) is 0 Å². The van der Waals surface area contributed by atoms with Crippen molar-refractivity contribution in [3.05, 3.63) is 59.4 Å². The van der Waals surface area contributed by atoms with E-state index in [0.717, 1.165) is 5.69 Å². The lowest BCUT2D eigenvalue weighted by atomic mass is 10.0. The van der Waals surface area contributed by atoms with Crippen molar-refractivity contribution in [3.8, 4) is 0 Å². The summed E-state index contributed by atoms with van der Waals surface area (Å²) in [7, 11) is 0. The van der Waals surface area contributed by atoms with Gasteiger partial charge in [-0.15, -0.1) is 0 Å². The van der Waals surface area contributed by atoms with Crippen molar-refractivity contribution in [2.75, 3.05) is 6.61 Å². The predicted octanol–water partition coefficient (Wildman–Crippen LogP) is 2.09. The van der Waals surface area contributed by atoms with Gasteiger partial charge in [-0.1, -0.05) is 37.3 Å². The van der Waals surface area contributed by atoms with Gasteiger partial charge in [0.15, 0.2) is 0 Å². The summed E-state index contributed by atoms with van der Waals surface area (Å²) in [5.74, 6) is -0.362. The van der Waals surface area contributed by atoms with E-state index >= 15 is 0 Å². The Morgan fingerprint density at radius 2 is 2.00 bits per heavy atom. The first-order valence-corrected chi connectivity index (χ1v) is 8.36. The highest BCUT2D eigenvalue weighted by Crippen LogP contribution is 2.31. The fourth-order valence-corrected chi connectivity index (χ4v) is 3.22. The highest BCUT2D eigenvalue weighted by atomic mass is 16.3. The average Bonchev–Trinajstić information content (AvgIpc) is 3.21. The average molecular weight is 326 g/mol. The largest absolute Gasteiger partial charge is 0.394 e. The summed E-state index contributed by atoms with van der Waals surface area (Å²) in [4.78, 5) is 25.1. The number of nitrogens with one attached hydrogen (secondary N) is 1. The molecule has 0 fully saturated rings. The molecule has 5 nitrogen and oxygen atoms in total. The van der Waals surface area contributed by atoms with Gasteiger partial charge in [-0.2, -0.15) is 0 Å². The van der Waals surface area contributed by atoms with Crippen molar-refractivity contribution < 1.29 is 14.7 Å². The summed E-state index contributed by atoms with van der Waals surface area (Å²) in [5.41, 5.74) is 2.15. The summed E-state index contributed by atoms with van der Waals surface area (Å²) in [6, 6.07) is 12.6. The third-order valence-corrected chi connectivity index (χ3v) is 4.66. The third-order valence-electron chi connectivity index (χ3n) is 4.66. The topological polar surface area (TPSA) is 71.3 Å². The molecule has 1 aromatic heterocycles. The molecular formula is C19H22N2O3. The maximum atomic E-state index is 12.7. The minimum Gasteiger partial charge on any atom is -0.394 e. The predicted molar refractivity (Wildman–Crippen MR) is 91.0 cm³/mol. The quantitative estimate of drug-likeness (QED) is 0.799. The van der Waals surface area contributed by atoms with E-state index in [-0.39, 0.29) is 30.3 Å². The van der Waals surface area contributed by atoms with Crippen LogP contribution < -0.4 is 5.32 Å². The van der Waals surface area contributed by atoms with E-state index < -0.39 is 0 Å². The standard InChI is InChI=1S/C19H22N2O3/c1-2-14(12-22)20-19(24)15-10-11-21-16(15)8-9-17(21)18(23)13-6-4-3-5-7-13/h3-9,14-15,22H,2,10-12H2,1H3,(H,20,24). The van der Waals surface area contributed by atoms with Gasteiger partial charge in [-0.25, -0.2) is 0 Å². The number of hydrogen-bond acceptors (Lipinski definition) is 3. The Kier molecular flexibility index (Phi) is 4.81. The van der Waals surface area contributed by atoms with Crippen LogP contribution in [0.25, 0.3) is 0 Å². The van der Waals surface area contributed by atoms with Crippen molar-refractivity contribution in [2.24, 2.45) is 0 Å². The number of ketones is 1. The van der Waals surface area contributed by atoms with Crippen molar-refractivity contribution in [3.63, 3.8) is 0 Å². The van der Waals surface area contributed by atoms with Gasteiger partial charge in [0.2, 0.25) is 11.7 Å². The monoisotopic (exact) mass is 326 g/mol. The second-order valence-corrected chi connectivity index (χ2v) is 6.13. The van der Waals surface area contributed by atoms with E-state index in [1.807, 2.05) is 35.8 Å². The zero-order valence-electron chi connectivity index (χ0n) is 13.7. The van der Waals surface area contributed by atoms with Gasteiger partial charge in [-0.3, -0.25) is 9.59 Å². The number of aromatic nitrogens is 1. The first-order chi connectivity index (χ1) is 11.7. The molecule has 126 valence electrons. The van der Waals surface area contributed by atoms with Crippen LogP contribution in [0.15, 0.2) is 42.5 Å². The van der Waals surface area contributed by atoms with Gasteiger partial charge in [0, 0.05) is 17.8 Å². The number of fused-ring (bicyclic) bond motifs is 1. The lowest BCUT2D eigenvalue weighted by molar-refractivity contribution is -0.123. The van der Waals surface area contributed by atoms with Crippen molar-refractivity contribution >= 4 is 11.7 Å². The van der Waals surface area contributed by atoms with Crippen LogP contribution >= 0.6 is 0 Å². The number of benzene rings is 1. The van der Waals surface area contributed by atoms with E-state index in [1.165, 1.54) is 0 Å². The number of aliphatic hydroxyl groups is 1. The van der Waals surface area contributed by atoms with Crippen LogP contribution in [-0.4, -0.2) is 34.0 Å². The summed E-state index contributed by atoms with van der Waals surface area (Å²) in [5, 5.41) is 12.1. The molecule has 5 heteroatoms. The lowest BCUT2D eigenvalue weighted by Gasteiger charge is -2.17. The normalized spacial score (nSPS) is 17.3. The van der Waals surface area contributed by atoms with Crippen LogP contribution in [0.4, 0.5) is 0 Å². The molecule has 24 heavy (non-hydrogen) atoms. The van der Waals surface area contributed by atoms with E-state index in [1.54, 1.807) is 18.2 Å². The summed E-state index contributed by atoms with van der Waals surface area (Å²) in [6.45, 7) is 2.52. The van der Waals surface area contributed by atoms with Crippen LogP contribution in [0, 0.1) is 0 Å². The van der Waals surface area contributed by atoms with E-state index in [4.69, 9.17) is 0 Å². The first kappa shape index (κ1) is 16.5. The molecule has 3 rings (SSSR count). The van der Waals surface area contributed by atoms with Crippen molar-refractivity contribution in [2.45, 2.75) is 38.3 Å². The number of rotatable bonds is 6.